The van der Waals surface area contributed by atoms with Gasteiger partial charge in [0.25, 0.3) is 0 Å². The van der Waals surface area contributed by atoms with Crippen LogP contribution in [-0.4, -0.2) is 12.0 Å². The van der Waals surface area contributed by atoms with Crippen LogP contribution in [0.15, 0.2) is 24.3 Å². The Labute approximate surface area is 110 Å². The van der Waals surface area contributed by atoms with E-state index in [1.54, 1.807) is 0 Å². The molecule has 2 heteroatoms. The summed E-state index contributed by atoms with van der Waals surface area (Å²) in [5.74, 6) is 0.997. The first-order chi connectivity index (χ1) is 8.24. The third-order valence-electron chi connectivity index (χ3n) is 2.73. The molecule has 0 N–H and O–H groups in total. The molecule has 0 radical (unpaired) electrons. The van der Waals surface area contributed by atoms with Crippen molar-refractivity contribution in [3.8, 4) is 5.75 Å². The van der Waals surface area contributed by atoms with Crippen LogP contribution >= 0.6 is 11.6 Å². The van der Waals surface area contributed by atoms with E-state index in [0.29, 0.717) is 0 Å². The molecule has 1 rings (SSSR count). The maximum atomic E-state index is 6.03. The molecule has 0 aliphatic rings. The van der Waals surface area contributed by atoms with Crippen molar-refractivity contribution in [3.05, 3.63) is 29.8 Å². The quantitative estimate of drug-likeness (QED) is 0.478. The number of benzene rings is 1. The van der Waals surface area contributed by atoms with Crippen LogP contribution < -0.4 is 4.74 Å². The minimum absolute atomic E-state index is 0.153. The fraction of sp³-hybridized carbons (Fsp3) is 0.600. The van der Waals surface area contributed by atoms with E-state index in [2.05, 4.69) is 13.0 Å². The van der Waals surface area contributed by atoms with Crippen LogP contribution in [0.2, 0.25) is 0 Å². The monoisotopic (exact) mass is 254 g/mol. The normalized spacial score (nSPS) is 12.4. The third kappa shape index (κ3) is 5.97. The number of halogens is 1. The summed E-state index contributed by atoms with van der Waals surface area (Å²) >= 11 is 6.03. The van der Waals surface area contributed by atoms with Gasteiger partial charge in [0.1, 0.15) is 5.75 Å². The first kappa shape index (κ1) is 14.4. The van der Waals surface area contributed by atoms with Crippen molar-refractivity contribution >= 4 is 11.6 Å². The average Bonchev–Trinajstić information content (AvgIpc) is 2.30. The third-order valence-corrected chi connectivity index (χ3v) is 2.88. The SMILES string of the molecule is CCCCCCOc1ccccc1CC(C)Cl. The van der Waals surface area contributed by atoms with E-state index in [-0.39, 0.29) is 5.38 Å². The van der Waals surface area contributed by atoms with E-state index in [1.165, 1.54) is 24.8 Å². The topological polar surface area (TPSA) is 9.23 Å². The van der Waals surface area contributed by atoms with Crippen molar-refractivity contribution in [2.45, 2.75) is 51.3 Å². The van der Waals surface area contributed by atoms with Crippen molar-refractivity contribution in [1.82, 2.24) is 0 Å². The number of rotatable bonds is 8. The van der Waals surface area contributed by atoms with Crippen LogP contribution in [0.1, 0.15) is 45.1 Å². The lowest BCUT2D eigenvalue weighted by Crippen LogP contribution is -2.03. The molecule has 0 heterocycles. The summed E-state index contributed by atoms with van der Waals surface area (Å²) in [4.78, 5) is 0. The van der Waals surface area contributed by atoms with Gasteiger partial charge in [0.05, 0.1) is 6.61 Å². The van der Waals surface area contributed by atoms with Crippen molar-refractivity contribution in [3.63, 3.8) is 0 Å². The number of hydrogen-bond acceptors (Lipinski definition) is 1. The lowest BCUT2D eigenvalue weighted by molar-refractivity contribution is 0.302. The number of hydrogen-bond donors (Lipinski definition) is 0. The predicted molar refractivity (Wildman–Crippen MR) is 75.1 cm³/mol. The highest BCUT2D eigenvalue weighted by molar-refractivity contribution is 6.20. The highest BCUT2D eigenvalue weighted by atomic mass is 35.5. The summed E-state index contributed by atoms with van der Waals surface area (Å²) < 4.78 is 5.83. The van der Waals surface area contributed by atoms with Crippen LogP contribution in [0.3, 0.4) is 0 Å². The highest BCUT2D eigenvalue weighted by Gasteiger charge is 2.05. The van der Waals surface area contributed by atoms with Crippen LogP contribution in [-0.2, 0) is 6.42 Å². The molecule has 0 aliphatic heterocycles. The van der Waals surface area contributed by atoms with E-state index in [0.717, 1.165) is 25.2 Å². The number of para-hydroxylation sites is 1. The molecule has 17 heavy (non-hydrogen) atoms. The molecule has 1 nitrogen and oxygen atoms in total. The Morgan fingerprint density at radius 3 is 2.65 bits per heavy atom. The van der Waals surface area contributed by atoms with Gasteiger partial charge in [0.15, 0.2) is 0 Å². The molecule has 0 saturated carbocycles. The van der Waals surface area contributed by atoms with E-state index < -0.39 is 0 Å². The largest absolute Gasteiger partial charge is 0.493 e. The maximum absolute atomic E-state index is 6.03. The summed E-state index contributed by atoms with van der Waals surface area (Å²) in [7, 11) is 0. The molecular formula is C15H23ClO. The van der Waals surface area contributed by atoms with Gasteiger partial charge in [0, 0.05) is 5.38 Å². The standard InChI is InChI=1S/C15H23ClO/c1-3-4-5-8-11-17-15-10-7-6-9-14(15)12-13(2)16/h6-7,9-10,13H,3-5,8,11-12H2,1-2H3. The fourth-order valence-corrected chi connectivity index (χ4v) is 1.99. The van der Waals surface area contributed by atoms with Gasteiger partial charge in [-0.1, -0.05) is 44.4 Å². The average molecular weight is 255 g/mol. The molecule has 0 bridgehead atoms. The lowest BCUT2D eigenvalue weighted by atomic mass is 10.1. The van der Waals surface area contributed by atoms with Gasteiger partial charge in [-0.2, -0.15) is 0 Å². The Bertz CT molecular complexity index is 310. The van der Waals surface area contributed by atoms with Gasteiger partial charge in [0.2, 0.25) is 0 Å². The summed E-state index contributed by atoms with van der Waals surface area (Å²) in [5, 5.41) is 0.153. The van der Waals surface area contributed by atoms with Gasteiger partial charge in [-0.3, -0.25) is 0 Å². The summed E-state index contributed by atoms with van der Waals surface area (Å²) in [6.45, 7) is 5.05. The van der Waals surface area contributed by atoms with E-state index in [9.17, 15) is 0 Å². The first-order valence-corrected chi connectivity index (χ1v) is 7.02. The number of unbranched alkanes of at least 4 members (excludes halogenated alkanes) is 3. The van der Waals surface area contributed by atoms with Crippen molar-refractivity contribution < 1.29 is 4.74 Å². The molecule has 96 valence electrons. The van der Waals surface area contributed by atoms with Crippen molar-refractivity contribution in [2.75, 3.05) is 6.61 Å². The molecule has 1 unspecified atom stereocenters. The van der Waals surface area contributed by atoms with E-state index in [4.69, 9.17) is 16.3 Å². The van der Waals surface area contributed by atoms with Gasteiger partial charge in [-0.15, -0.1) is 11.6 Å². The Morgan fingerprint density at radius 2 is 1.94 bits per heavy atom. The number of alkyl halides is 1. The van der Waals surface area contributed by atoms with Gasteiger partial charge < -0.3 is 4.74 Å². The molecule has 0 aliphatic carbocycles. The van der Waals surface area contributed by atoms with E-state index >= 15 is 0 Å². The minimum Gasteiger partial charge on any atom is -0.493 e. The minimum atomic E-state index is 0.153. The Hall–Kier alpha value is -0.690. The van der Waals surface area contributed by atoms with Crippen LogP contribution in [0.5, 0.6) is 5.75 Å². The predicted octanol–water partition coefficient (Wildman–Crippen LogP) is 4.82. The molecule has 1 atom stereocenters. The summed E-state index contributed by atoms with van der Waals surface area (Å²) in [5.41, 5.74) is 1.21. The molecule has 1 aromatic carbocycles. The molecule has 0 spiro atoms. The van der Waals surface area contributed by atoms with Crippen molar-refractivity contribution in [1.29, 1.82) is 0 Å². The van der Waals surface area contributed by atoms with Gasteiger partial charge in [-0.25, -0.2) is 0 Å². The highest BCUT2D eigenvalue weighted by Crippen LogP contribution is 2.21. The second-order valence-corrected chi connectivity index (χ2v) is 5.25. The van der Waals surface area contributed by atoms with Crippen LogP contribution in [0, 0.1) is 0 Å². The Kier molecular flexibility index (Phi) is 7.11. The molecule has 0 aromatic heterocycles. The van der Waals surface area contributed by atoms with Gasteiger partial charge >= 0.3 is 0 Å². The summed E-state index contributed by atoms with van der Waals surface area (Å²) in [6.07, 6.45) is 5.82. The van der Waals surface area contributed by atoms with Gasteiger partial charge in [-0.05, 0) is 31.4 Å². The van der Waals surface area contributed by atoms with Crippen LogP contribution in [0.25, 0.3) is 0 Å². The zero-order valence-electron chi connectivity index (χ0n) is 10.9. The first-order valence-electron chi connectivity index (χ1n) is 6.58. The molecule has 0 saturated heterocycles. The Morgan fingerprint density at radius 1 is 1.18 bits per heavy atom. The molecule has 0 amide bonds. The molecular weight excluding hydrogens is 232 g/mol. The zero-order chi connectivity index (χ0) is 12.5. The lowest BCUT2D eigenvalue weighted by Gasteiger charge is -2.12. The second kappa shape index (κ2) is 8.41. The summed E-state index contributed by atoms with van der Waals surface area (Å²) in [6, 6.07) is 8.19. The molecule has 0 fully saturated rings. The Balaban J connectivity index is 2.40. The molecule has 1 aromatic rings. The second-order valence-electron chi connectivity index (χ2n) is 4.50. The smallest absolute Gasteiger partial charge is 0.122 e. The zero-order valence-corrected chi connectivity index (χ0v) is 11.7. The fourth-order valence-electron chi connectivity index (χ4n) is 1.83. The number of ether oxygens (including phenoxy) is 1. The van der Waals surface area contributed by atoms with Crippen molar-refractivity contribution in [2.24, 2.45) is 0 Å². The maximum Gasteiger partial charge on any atom is 0.122 e. The van der Waals surface area contributed by atoms with Crippen LogP contribution in [0.4, 0.5) is 0 Å². The van der Waals surface area contributed by atoms with E-state index in [1.807, 2.05) is 25.1 Å².